The lowest BCUT2D eigenvalue weighted by molar-refractivity contribution is -0.123. The molecular formula is C19H30N2O3. The lowest BCUT2D eigenvalue weighted by Gasteiger charge is -2.21. The molecule has 2 amide bonds. The molecule has 0 aromatic heterocycles. The number of hydrogen-bond donors (Lipinski definition) is 3. The van der Waals surface area contributed by atoms with Crippen molar-refractivity contribution in [3.63, 3.8) is 0 Å². The Morgan fingerprint density at radius 2 is 1.79 bits per heavy atom. The molecule has 0 saturated heterocycles. The van der Waals surface area contributed by atoms with E-state index in [1.54, 1.807) is 24.3 Å². The molecule has 0 saturated carbocycles. The summed E-state index contributed by atoms with van der Waals surface area (Å²) in [5, 5.41) is 14.9. The molecule has 5 nitrogen and oxygen atoms in total. The first-order valence-electron chi connectivity index (χ1n) is 8.36. The van der Waals surface area contributed by atoms with Crippen molar-refractivity contribution in [2.75, 3.05) is 18.5 Å². The summed E-state index contributed by atoms with van der Waals surface area (Å²) >= 11 is 0. The molecule has 1 rings (SSSR count). The maximum Gasteiger partial charge on any atom is 0.251 e. The van der Waals surface area contributed by atoms with Crippen LogP contribution in [-0.4, -0.2) is 30.1 Å². The van der Waals surface area contributed by atoms with Crippen LogP contribution < -0.4 is 10.6 Å². The summed E-state index contributed by atoms with van der Waals surface area (Å²) in [5.41, 5.74) is 0.520. The fourth-order valence-electron chi connectivity index (χ4n) is 2.01. The van der Waals surface area contributed by atoms with Crippen molar-refractivity contribution in [2.45, 2.75) is 47.5 Å². The minimum atomic E-state index is -0.488. The smallest absolute Gasteiger partial charge is 0.251 e. The molecule has 3 N–H and O–H groups in total. The van der Waals surface area contributed by atoms with Crippen LogP contribution in [0, 0.1) is 10.8 Å². The second-order valence-electron chi connectivity index (χ2n) is 7.97. The molecule has 0 aliphatic heterocycles. The molecule has 0 fully saturated rings. The van der Waals surface area contributed by atoms with Crippen LogP contribution in [0.2, 0.25) is 0 Å². The molecular weight excluding hydrogens is 304 g/mol. The van der Waals surface area contributed by atoms with E-state index in [0.29, 0.717) is 17.8 Å². The molecule has 1 aromatic carbocycles. The van der Waals surface area contributed by atoms with Gasteiger partial charge in [-0.1, -0.05) is 40.7 Å². The van der Waals surface area contributed by atoms with E-state index in [9.17, 15) is 14.7 Å². The van der Waals surface area contributed by atoms with Gasteiger partial charge in [0, 0.05) is 29.8 Å². The lowest BCUT2D eigenvalue weighted by atomic mass is 9.89. The van der Waals surface area contributed by atoms with Crippen LogP contribution in [0.5, 0.6) is 0 Å². The minimum Gasteiger partial charge on any atom is -0.396 e. The van der Waals surface area contributed by atoms with Crippen molar-refractivity contribution in [2.24, 2.45) is 10.8 Å². The van der Waals surface area contributed by atoms with Crippen molar-refractivity contribution in [3.05, 3.63) is 29.8 Å². The number of carbonyl (C=O) groups excluding carboxylic acids is 2. The third-order valence-electron chi connectivity index (χ3n) is 3.81. The van der Waals surface area contributed by atoms with Crippen molar-refractivity contribution in [3.8, 4) is 0 Å². The van der Waals surface area contributed by atoms with Gasteiger partial charge in [-0.2, -0.15) is 0 Å². The van der Waals surface area contributed by atoms with Crippen molar-refractivity contribution >= 4 is 17.5 Å². The molecule has 24 heavy (non-hydrogen) atoms. The van der Waals surface area contributed by atoms with Gasteiger partial charge in [0.15, 0.2) is 0 Å². The van der Waals surface area contributed by atoms with Gasteiger partial charge < -0.3 is 15.7 Å². The summed E-state index contributed by atoms with van der Waals surface area (Å²) in [6, 6.07) is 6.92. The summed E-state index contributed by atoms with van der Waals surface area (Å²) in [6.45, 7) is 10.2. The van der Waals surface area contributed by atoms with Crippen LogP contribution in [0.4, 0.5) is 5.69 Å². The fourth-order valence-corrected chi connectivity index (χ4v) is 2.01. The van der Waals surface area contributed by atoms with Gasteiger partial charge in [-0.3, -0.25) is 9.59 Å². The zero-order chi connectivity index (χ0) is 18.4. The van der Waals surface area contributed by atoms with Crippen LogP contribution in [0.1, 0.15) is 57.8 Å². The minimum absolute atomic E-state index is 0.0914. The monoisotopic (exact) mass is 334 g/mol. The van der Waals surface area contributed by atoms with Crippen molar-refractivity contribution in [1.29, 1.82) is 0 Å². The second kappa shape index (κ2) is 8.29. The van der Waals surface area contributed by atoms with E-state index in [-0.39, 0.29) is 23.8 Å². The number of aliphatic hydroxyl groups is 1. The molecule has 0 aliphatic carbocycles. The standard InChI is InChI=1S/C19H30N2O3/c1-18(2,3)17(24)21-15-9-6-8-14(12-15)16(23)20-11-7-10-19(4,5)13-22/h6,8-9,12,22H,7,10-11,13H2,1-5H3,(H,20,23)(H,21,24). The number of nitrogens with one attached hydrogen (secondary N) is 2. The summed E-state index contributed by atoms with van der Waals surface area (Å²) in [7, 11) is 0. The first kappa shape index (κ1) is 20.2. The van der Waals surface area contributed by atoms with Crippen molar-refractivity contribution < 1.29 is 14.7 Å². The Morgan fingerprint density at radius 3 is 2.38 bits per heavy atom. The maximum atomic E-state index is 12.2. The first-order chi connectivity index (χ1) is 11.0. The van der Waals surface area contributed by atoms with Gasteiger partial charge in [0.1, 0.15) is 0 Å². The van der Waals surface area contributed by atoms with E-state index >= 15 is 0 Å². The number of carbonyl (C=O) groups is 2. The molecule has 0 atom stereocenters. The van der Waals surface area contributed by atoms with Crippen LogP contribution in [0.15, 0.2) is 24.3 Å². The van der Waals surface area contributed by atoms with E-state index in [4.69, 9.17) is 0 Å². The maximum absolute atomic E-state index is 12.2. The number of hydrogen-bond acceptors (Lipinski definition) is 3. The highest BCUT2D eigenvalue weighted by Crippen LogP contribution is 2.21. The van der Waals surface area contributed by atoms with E-state index in [1.165, 1.54) is 0 Å². The third-order valence-corrected chi connectivity index (χ3v) is 3.81. The van der Waals surface area contributed by atoms with Gasteiger partial charge in [0.25, 0.3) is 5.91 Å². The Balaban J connectivity index is 2.57. The SMILES string of the molecule is CC(C)(CO)CCCNC(=O)c1cccc(NC(=O)C(C)(C)C)c1. The largest absolute Gasteiger partial charge is 0.396 e. The molecule has 5 heteroatoms. The normalized spacial score (nSPS) is 11.9. The zero-order valence-electron chi connectivity index (χ0n) is 15.4. The summed E-state index contributed by atoms with van der Waals surface area (Å²) in [5.74, 6) is -0.255. The molecule has 1 aromatic rings. The molecule has 0 radical (unpaired) electrons. The Bertz CT molecular complexity index is 574. The van der Waals surface area contributed by atoms with Gasteiger partial charge >= 0.3 is 0 Å². The van der Waals surface area contributed by atoms with E-state index in [2.05, 4.69) is 10.6 Å². The Hall–Kier alpha value is -1.88. The highest BCUT2D eigenvalue weighted by atomic mass is 16.3. The third kappa shape index (κ3) is 6.71. The molecule has 0 heterocycles. The summed E-state index contributed by atoms with van der Waals surface area (Å²) < 4.78 is 0. The zero-order valence-corrected chi connectivity index (χ0v) is 15.4. The average molecular weight is 334 g/mol. The number of benzene rings is 1. The van der Waals surface area contributed by atoms with Crippen molar-refractivity contribution in [1.82, 2.24) is 5.32 Å². The highest BCUT2D eigenvalue weighted by molar-refractivity contribution is 5.98. The topological polar surface area (TPSA) is 78.4 Å². The predicted octanol–water partition coefficient (Wildman–Crippen LogP) is 3.20. The molecule has 0 bridgehead atoms. The van der Waals surface area contributed by atoms with Gasteiger partial charge in [-0.15, -0.1) is 0 Å². The summed E-state index contributed by atoms with van der Waals surface area (Å²) in [4.78, 5) is 24.2. The van der Waals surface area contributed by atoms with E-state index in [1.807, 2.05) is 34.6 Å². The Labute approximate surface area is 144 Å². The number of rotatable bonds is 7. The van der Waals surface area contributed by atoms with Gasteiger partial charge in [-0.25, -0.2) is 0 Å². The summed E-state index contributed by atoms with van der Waals surface area (Å²) in [6.07, 6.45) is 1.64. The Kier molecular flexibility index (Phi) is 6.96. The first-order valence-corrected chi connectivity index (χ1v) is 8.36. The predicted molar refractivity (Wildman–Crippen MR) is 97.0 cm³/mol. The number of amides is 2. The molecule has 0 aliphatic rings. The second-order valence-corrected chi connectivity index (χ2v) is 7.97. The van der Waals surface area contributed by atoms with E-state index < -0.39 is 5.41 Å². The number of aliphatic hydroxyl groups excluding tert-OH is 1. The highest BCUT2D eigenvalue weighted by Gasteiger charge is 2.21. The fraction of sp³-hybridized carbons (Fsp3) is 0.579. The van der Waals surface area contributed by atoms with Crippen LogP contribution in [0.3, 0.4) is 0 Å². The van der Waals surface area contributed by atoms with Gasteiger partial charge in [0.2, 0.25) is 5.91 Å². The molecule has 0 unspecified atom stereocenters. The quantitative estimate of drug-likeness (QED) is 0.670. The molecule has 0 spiro atoms. The van der Waals surface area contributed by atoms with Crippen LogP contribution in [0.25, 0.3) is 0 Å². The Morgan fingerprint density at radius 1 is 1.12 bits per heavy atom. The van der Waals surface area contributed by atoms with E-state index in [0.717, 1.165) is 12.8 Å². The van der Waals surface area contributed by atoms with Crippen LogP contribution in [-0.2, 0) is 4.79 Å². The average Bonchev–Trinajstić information content (AvgIpc) is 2.50. The van der Waals surface area contributed by atoms with Gasteiger partial charge in [-0.05, 0) is 36.5 Å². The lowest BCUT2D eigenvalue weighted by Crippen LogP contribution is -2.28. The molecule has 134 valence electrons. The number of anilines is 1. The van der Waals surface area contributed by atoms with Crippen LogP contribution >= 0.6 is 0 Å². The van der Waals surface area contributed by atoms with Gasteiger partial charge in [0.05, 0.1) is 0 Å².